The van der Waals surface area contributed by atoms with Gasteiger partial charge in [-0.05, 0) is 50.0 Å². The molecule has 2 heterocycles. The van der Waals surface area contributed by atoms with Crippen molar-refractivity contribution >= 4 is 42.1 Å². The number of benzene rings is 1. The lowest BCUT2D eigenvalue weighted by Crippen LogP contribution is -2.30. The van der Waals surface area contributed by atoms with Crippen LogP contribution in [-0.4, -0.2) is 60.6 Å². The molecule has 0 saturated carbocycles. The van der Waals surface area contributed by atoms with Crippen molar-refractivity contribution < 1.29 is 4.74 Å². The van der Waals surface area contributed by atoms with Crippen molar-refractivity contribution in [3.05, 3.63) is 41.9 Å². The summed E-state index contributed by atoms with van der Waals surface area (Å²) in [6, 6.07) is 9.47. The Morgan fingerprint density at radius 1 is 1.06 bits per heavy atom. The monoisotopic (exact) mass is 488 g/mol. The van der Waals surface area contributed by atoms with Crippen LogP contribution < -0.4 is 9.80 Å². The molecule has 0 saturated heterocycles. The van der Waals surface area contributed by atoms with Crippen molar-refractivity contribution in [2.24, 2.45) is 0 Å². The first kappa shape index (κ1) is 25.5. The number of nitrogens with zero attached hydrogens (tertiary/aromatic N) is 6. The van der Waals surface area contributed by atoms with Gasteiger partial charge in [0.15, 0.2) is 0 Å². The van der Waals surface area contributed by atoms with Crippen LogP contribution in [0.1, 0.15) is 20.3 Å². The Morgan fingerprint density at radius 2 is 1.82 bits per heavy atom. The highest BCUT2D eigenvalue weighted by Gasteiger charge is 2.14. The van der Waals surface area contributed by atoms with E-state index in [-0.39, 0.29) is 5.28 Å². The van der Waals surface area contributed by atoms with Gasteiger partial charge in [-0.2, -0.15) is 5.10 Å². The van der Waals surface area contributed by atoms with Crippen LogP contribution in [0.25, 0.3) is 10.9 Å². The molecule has 0 N–H and O–H groups in total. The Labute approximate surface area is 203 Å². The molecule has 3 aromatic rings. The molecule has 0 fully saturated rings. The molecule has 0 aliphatic heterocycles. The summed E-state index contributed by atoms with van der Waals surface area (Å²) in [6.45, 7) is 16.3. The molecule has 0 spiro atoms. The van der Waals surface area contributed by atoms with Gasteiger partial charge in [0.25, 0.3) is 0 Å². The summed E-state index contributed by atoms with van der Waals surface area (Å²) in [7, 11) is -1.08. The fraction of sp³-hybridized carbons (Fsp3) is 0.542. The molecule has 0 atom stereocenters. The zero-order valence-corrected chi connectivity index (χ0v) is 22.3. The molecular formula is C24H37ClN6OSi. The number of fused-ring (bicyclic) bond motifs is 1. The van der Waals surface area contributed by atoms with E-state index in [0.717, 1.165) is 55.9 Å². The van der Waals surface area contributed by atoms with Crippen molar-refractivity contribution in [1.29, 1.82) is 0 Å². The lowest BCUT2D eigenvalue weighted by atomic mass is 10.2. The van der Waals surface area contributed by atoms with Crippen LogP contribution in [0, 0.1) is 0 Å². The van der Waals surface area contributed by atoms with E-state index >= 15 is 0 Å². The predicted octanol–water partition coefficient (Wildman–Crippen LogP) is 5.53. The number of anilines is 2. The van der Waals surface area contributed by atoms with Gasteiger partial charge in [0.2, 0.25) is 5.28 Å². The molecule has 3 rings (SSSR count). The smallest absolute Gasteiger partial charge is 0.224 e. The standard InChI is InChI=1S/C24H37ClN6OSi/c1-6-29(14-9-15-30(7-2)22-12-13-26-24(25)27-22)21-11-8-10-20-18-31(28-23(20)21)19-32-16-17-33(3,4)5/h8,10-13,18H,6-7,9,14-17,19H2,1-5H3. The third-order valence-electron chi connectivity index (χ3n) is 5.68. The van der Waals surface area contributed by atoms with Crippen LogP contribution in [0.15, 0.2) is 36.7 Å². The van der Waals surface area contributed by atoms with Crippen LogP contribution >= 0.6 is 11.6 Å². The predicted molar refractivity (Wildman–Crippen MR) is 141 cm³/mol. The quantitative estimate of drug-likeness (QED) is 0.179. The molecular weight excluding hydrogens is 452 g/mol. The molecule has 0 amide bonds. The summed E-state index contributed by atoms with van der Waals surface area (Å²) in [6.07, 6.45) is 4.79. The second-order valence-corrected chi connectivity index (χ2v) is 15.4. The first-order valence-corrected chi connectivity index (χ1v) is 15.9. The second-order valence-electron chi connectivity index (χ2n) is 9.43. The first-order chi connectivity index (χ1) is 15.8. The number of hydrogen-bond donors (Lipinski definition) is 0. The molecule has 9 heteroatoms. The minimum absolute atomic E-state index is 0.285. The van der Waals surface area contributed by atoms with Crippen LogP contribution in [0.4, 0.5) is 11.5 Å². The van der Waals surface area contributed by atoms with Gasteiger partial charge in [0, 0.05) is 58.6 Å². The van der Waals surface area contributed by atoms with E-state index in [2.05, 4.69) is 77.7 Å². The Morgan fingerprint density at radius 3 is 2.52 bits per heavy atom. The van der Waals surface area contributed by atoms with Crippen molar-refractivity contribution in [2.45, 2.75) is 52.7 Å². The highest BCUT2D eigenvalue weighted by molar-refractivity contribution is 6.76. The molecule has 33 heavy (non-hydrogen) atoms. The van der Waals surface area contributed by atoms with Gasteiger partial charge < -0.3 is 14.5 Å². The van der Waals surface area contributed by atoms with Gasteiger partial charge in [0.1, 0.15) is 18.1 Å². The minimum Gasteiger partial charge on any atom is -0.370 e. The molecule has 0 bridgehead atoms. The molecule has 180 valence electrons. The van der Waals surface area contributed by atoms with E-state index < -0.39 is 8.07 Å². The number of halogens is 1. The SMILES string of the molecule is CCN(CCCN(CC)c1cccc2cn(COCC[Si](C)(C)C)nc12)c1ccnc(Cl)n1. The average Bonchev–Trinajstić information content (AvgIpc) is 3.20. The van der Waals surface area contributed by atoms with Crippen LogP contribution in [-0.2, 0) is 11.5 Å². The summed E-state index contributed by atoms with van der Waals surface area (Å²) in [5.41, 5.74) is 2.20. The average molecular weight is 489 g/mol. The Balaban J connectivity index is 1.63. The number of aromatic nitrogens is 4. The summed E-state index contributed by atoms with van der Waals surface area (Å²) in [4.78, 5) is 13.0. The van der Waals surface area contributed by atoms with Gasteiger partial charge in [-0.25, -0.2) is 14.6 Å². The van der Waals surface area contributed by atoms with E-state index in [1.807, 2.05) is 10.7 Å². The van der Waals surface area contributed by atoms with Gasteiger partial charge in [0.05, 0.1) is 5.69 Å². The van der Waals surface area contributed by atoms with Crippen molar-refractivity contribution in [2.75, 3.05) is 42.6 Å². The minimum atomic E-state index is -1.08. The Kier molecular flexibility index (Phi) is 9.11. The van der Waals surface area contributed by atoms with E-state index in [1.54, 1.807) is 6.20 Å². The number of ether oxygens (including phenoxy) is 1. The lowest BCUT2D eigenvalue weighted by Gasteiger charge is -2.26. The zero-order chi connectivity index (χ0) is 23.8. The largest absolute Gasteiger partial charge is 0.370 e. The molecule has 0 aliphatic rings. The highest BCUT2D eigenvalue weighted by atomic mass is 35.5. The van der Waals surface area contributed by atoms with Crippen molar-refractivity contribution in [3.8, 4) is 0 Å². The number of rotatable bonds is 13. The van der Waals surface area contributed by atoms with E-state index in [9.17, 15) is 0 Å². The van der Waals surface area contributed by atoms with Crippen LogP contribution in [0.2, 0.25) is 31.0 Å². The fourth-order valence-electron chi connectivity index (χ4n) is 3.78. The highest BCUT2D eigenvalue weighted by Crippen LogP contribution is 2.26. The maximum atomic E-state index is 5.98. The molecule has 1 aromatic carbocycles. The number of hydrogen-bond acceptors (Lipinski definition) is 6. The maximum Gasteiger partial charge on any atom is 0.224 e. The summed E-state index contributed by atoms with van der Waals surface area (Å²) >= 11 is 5.98. The third-order valence-corrected chi connectivity index (χ3v) is 7.56. The first-order valence-electron chi connectivity index (χ1n) is 11.8. The molecule has 0 unspecified atom stereocenters. The third kappa shape index (κ3) is 7.42. The van der Waals surface area contributed by atoms with Crippen LogP contribution in [0.3, 0.4) is 0 Å². The van der Waals surface area contributed by atoms with Crippen LogP contribution in [0.5, 0.6) is 0 Å². The van der Waals surface area contributed by atoms with E-state index in [1.165, 1.54) is 11.7 Å². The molecule has 2 aromatic heterocycles. The molecule has 0 aliphatic carbocycles. The van der Waals surface area contributed by atoms with Gasteiger partial charge in [-0.15, -0.1) is 0 Å². The maximum absolute atomic E-state index is 5.98. The van der Waals surface area contributed by atoms with Crippen molar-refractivity contribution in [1.82, 2.24) is 19.7 Å². The normalized spacial score (nSPS) is 11.8. The lowest BCUT2D eigenvalue weighted by molar-refractivity contribution is 0.0791. The second kappa shape index (κ2) is 11.8. The van der Waals surface area contributed by atoms with Gasteiger partial charge in [-0.1, -0.05) is 31.8 Å². The summed E-state index contributed by atoms with van der Waals surface area (Å²) in [5, 5.41) is 6.28. The van der Waals surface area contributed by atoms with Gasteiger partial charge >= 0.3 is 0 Å². The van der Waals surface area contributed by atoms with Gasteiger partial charge in [-0.3, -0.25) is 0 Å². The zero-order valence-electron chi connectivity index (χ0n) is 20.6. The Bertz CT molecular complexity index is 1020. The molecule has 0 radical (unpaired) electrons. The van der Waals surface area contributed by atoms with E-state index in [4.69, 9.17) is 21.4 Å². The summed E-state index contributed by atoms with van der Waals surface area (Å²) in [5.74, 6) is 0.871. The Hall–Kier alpha value is -2.16. The van der Waals surface area contributed by atoms with E-state index in [0.29, 0.717) is 6.73 Å². The fourth-order valence-corrected chi connectivity index (χ4v) is 4.68. The topological polar surface area (TPSA) is 59.3 Å². The summed E-state index contributed by atoms with van der Waals surface area (Å²) < 4.78 is 7.82. The van der Waals surface area contributed by atoms with Crippen molar-refractivity contribution in [3.63, 3.8) is 0 Å². The molecule has 7 nitrogen and oxygen atoms in total.